The SMILES string of the molecule is C=CC[C@@](C(C)=O)(C(=O)OC)[C@@H](NC(=O)OC(C)(C)C)c1ccccc1. The quantitative estimate of drug-likeness (QED) is 0.456. The van der Waals surface area contributed by atoms with Crippen molar-refractivity contribution < 1.29 is 23.9 Å². The summed E-state index contributed by atoms with van der Waals surface area (Å²) in [5, 5.41) is 2.68. The molecule has 0 bridgehead atoms. The Morgan fingerprint density at radius 3 is 2.19 bits per heavy atom. The van der Waals surface area contributed by atoms with Crippen LogP contribution in [0.5, 0.6) is 0 Å². The molecule has 26 heavy (non-hydrogen) atoms. The van der Waals surface area contributed by atoms with Crippen molar-refractivity contribution in [1.82, 2.24) is 5.32 Å². The van der Waals surface area contributed by atoms with E-state index in [1.807, 2.05) is 0 Å². The lowest BCUT2D eigenvalue weighted by Gasteiger charge is -2.36. The van der Waals surface area contributed by atoms with Gasteiger partial charge >= 0.3 is 12.1 Å². The summed E-state index contributed by atoms with van der Waals surface area (Å²) < 4.78 is 10.2. The molecule has 0 aliphatic rings. The molecular weight excluding hydrogens is 334 g/mol. The highest BCUT2D eigenvalue weighted by Crippen LogP contribution is 2.40. The number of esters is 1. The van der Waals surface area contributed by atoms with Crippen LogP contribution in [-0.4, -0.2) is 30.6 Å². The summed E-state index contributed by atoms with van der Waals surface area (Å²) in [4.78, 5) is 37.7. The summed E-state index contributed by atoms with van der Waals surface area (Å²) in [6.45, 7) is 10.1. The maximum atomic E-state index is 12.7. The van der Waals surface area contributed by atoms with Crippen molar-refractivity contribution in [2.24, 2.45) is 5.41 Å². The third kappa shape index (κ3) is 4.94. The van der Waals surface area contributed by atoms with E-state index < -0.39 is 34.9 Å². The first-order valence-corrected chi connectivity index (χ1v) is 8.33. The summed E-state index contributed by atoms with van der Waals surface area (Å²) >= 11 is 0. The van der Waals surface area contributed by atoms with Crippen LogP contribution in [-0.2, 0) is 19.1 Å². The minimum Gasteiger partial charge on any atom is -0.468 e. The lowest BCUT2D eigenvalue weighted by Crippen LogP contribution is -2.51. The highest BCUT2D eigenvalue weighted by atomic mass is 16.6. The molecule has 1 N–H and O–H groups in total. The predicted octanol–water partition coefficient (Wildman–Crippen LogP) is 3.58. The highest BCUT2D eigenvalue weighted by Gasteiger charge is 2.52. The zero-order chi connectivity index (χ0) is 20.0. The van der Waals surface area contributed by atoms with Crippen LogP contribution in [0.2, 0.25) is 0 Å². The van der Waals surface area contributed by atoms with Crippen LogP contribution < -0.4 is 5.32 Å². The number of hydrogen-bond acceptors (Lipinski definition) is 5. The van der Waals surface area contributed by atoms with Gasteiger partial charge in [0.25, 0.3) is 0 Å². The number of carbonyl (C=O) groups excluding carboxylic acids is 3. The summed E-state index contributed by atoms with van der Waals surface area (Å²) in [6.07, 6.45) is 0.736. The van der Waals surface area contributed by atoms with Crippen molar-refractivity contribution >= 4 is 17.8 Å². The van der Waals surface area contributed by atoms with E-state index in [1.54, 1.807) is 51.1 Å². The molecule has 0 fully saturated rings. The van der Waals surface area contributed by atoms with Crippen molar-refractivity contribution in [1.29, 1.82) is 0 Å². The zero-order valence-corrected chi connectivity index (χ0v) is 16.0. The molecule has 6 nitrogen and oxygen atoms in total. The Morgan fingerprint density at radius 1 is 1.19 bits per heavy atom. The van der Waals surface area contributed by atoms with Gasteiger partial charge in [0.15, 0.2) is 5.41 Å². The number of alkyl carbamates (subject to hydrolysis) is 1. The number of rotatable bonds is 7. The van der Waals surface area contributed by atoms with Gasteiger partial charge in [-0.2, -0.15) is 0 Å². The van der Waals surface area contributed by atoms with E-state index in [-0.39, 0.29) is 6.42 Å². The van der Waals surface area contributed by atoms with Crippen LogP contribution in [0.4, 0.5) is 4.79 Å². The van der Waals surface area contributed by atoms with E-state index in [4.69, 9.17) is 9.47 Å². The van der Waals surface area contributed by atoms with Crippen LogP contribution in [0.3, 0.4) is 0 Å². The fraction of sp³-hybridized carbons (Fsp3) is 0.450. The minimum atomic E-state index is -1.64. The third-order valence-electron chi connectivity index (χ3n) is 3.93. The number of nitrogens with one attached hydrogen (secondary N) is 1. The van der Waals surface area contributed by atoms with Crippen LogP contribution in [0, 0.1) is 5.41 Å². The number of carbonyl (C=O) groups is 3. The van der Waals surface area contributed by atoms with E-state index in [0.29, 0.717) is 5.56 Å². The molecule has 1 amide bonds. The molecule has 1 rings (SSSR count). The van der Waals surface area contributed by atoms with E-state index in [0.717, 1.165) is 0 Å². The van der Waals surface area contributed by atoms with Crippen molar-refractivity contribution in [3.8, 4) is 0 Å². The first-order valence-electron chi connectivity index (χ1n) is 8.33. The molecule has 2 atom stereocenters. The first kappa shape index (κ1) is 21.4. The van der Waals surface area contributed by atoms with Gasteiger partial charge in [0.1, 0.15) is 11.4 Å². The Bertz CT molecular complexity index is 663. The molecule has 0 saturated carbocycles. The number of ether oxygens (including phenoxy) is 2. The van der Waals surface area contributed by atoms with Gasteiger partial charge in [0, 0.05) is 0 Å². The normalized spacial score (nSPS) is 14.5. The van der Waals surface area contributed by atoms with E-state index in [9.17, 15) is 14.4 Å². The lowest BCUT2D eigenvalue weighted by atomic mass is 9.71. The predicted molar refractivity (Wildman–Crippen MR) is 98.5 cm³/mol. The molecule has 1 aromatic carbocycles. The number of ketones is 1. The lowest BCUT2D eigenvalue weighted by molar-refractivity contribution is -0.159. The first-order chi connectivity index (χ1) is 12.1. The summed E-state index contributed by atoms with van der Waals surface area (Å²) in [7, 11) is 1.21. The molecule has 6 heteroatoms. The average molecular weight is 361 g/mol. The van der Waals surface area contributed by atoms with Crippen molar-refractivity contribution in [3.63, 3.8) is 0 Å². The largest absolute Gasteiger partial charge is 0.468 e. The van der Waals surface area contributed by atoms with Crippen molar-refractivity contribution in [3.05, 3.63) is 48.6 Å². The Balaban J connectivity index is 3.48. The molecule has 0 aliphatic heterocycles. The average Bonchev–Trinajstić information content (AvgIpc) is 2.56. The number of amides is 1. The Labute approximate surface area is 154 Å². The van der Waals surface area contributed by atoms with Gasteiger partial charge in [-0.3, -0.25) is 9.59 Å². The van der Waals surface area contributed by atoms with Crippen molar-refractivity contribution in [2.75, 3.05) is 7.11 Å². The highest BCUT2D eigenvalue weighted by molar-refractivity contribution is 6.04. The zero-order valence-electron chi connectivity index (χ0n) is 16.0. The molecule has 0 unspecified atom stereocenters. The number of hydrogen-bond donors (Lipinski definition) is 1. The summed E-state index contributed by atoms with van der Waals surface area (Å²) in [6, 6.07) is 7.80. The second kappa shape index (κ2) is 8.65. The van der Waals surface area contributed by atoms with Crippen LogP contribution in [0.1, 0.15) is 45.7 Å². The Morgan fingerprint density at radius 2 is 1.77 bits per heavy atom. The van der Waals surface area contributed by atoms with E-state index in [2.05, 4.69) is 11.9 Å². The van der Waals surface area contributed by atoms with Crippen LogP contribution in [0.15, 0.2) is 43.0 Å². The fourth-order valence-corrected chi connectivity index (χ4v) is 2.78. The molecule has 0 saturated heterocycles. The van der Waals surface area contributed by atoms with Crippen LogP contribution in [0.25, 0.3) is 0 Å². The minimum absolute atomic E-state index is 0.00433. The molecule has 142 valence electrons. The van der Waals surface area contributed by atoms with Crippen molar-refractivity contribution in [2.45, 2.75) is 45.8 Å². The Hall–Kier alpha value is -2.63. The van der Waals surface area contributed by atoms with Gasteiger partial charge in [-0.25, -0.2) is 4.79 Å². The molecular formula is C20H27NO5. The summed E-state index contributed by atoms with van der Waals surface area (Å²) in [5.74, 6) is -1.18. The second-order valence-electron chi connectivity index (χ2n) is 7.00. The fourth-order valence-electron chi connectivity index (χ4n) is 2.78. The maximum absolute atomic E-state index is 12.7. The standard InChI is InChI=1S/C20H27NO5/c1-7-13-20(14(2)22,17(23)25-6)16(15-11-9-8-10-12-15)21-18(24)26-19(3,4)5/h7-12,16H,1,13H2,2-6H3,(H,21,24)/t16-,20-/m0/s1. The van der Waals surface area contributed by atoms with E-state index in [1.165, 1.54) is 20.1 Å². The third-order valence-corrected chi connectivity index (χ3v) is 3.93. The monoisotopic (exact) mass is 361 g/mol. The van der Waals surface area contributed by atoms with Gasteiger partial charge in [0.2, 0.25) is 0 Å². The molecule has 0 aliphatic carbocycles. The van der Waals surface area contributed by atoms with Crippen LogP contribution >= 0.6 is 0 Å². The molecule has 1 aromatic rings. The number of methoxy groups -OCH3 is 1. The number of benzene rings is 1. The second-order valence-corrected chi connectivity index (χ2v) is 7.00. The number of allylic oxidation sites excluding steroid dienone is 1. The van der Waals surface area contributed by atoms with Gasteiger partial charge in [-0.1, -0.05) is 36.4 Å². The molecule has 0 spiro atoms. The topological polar surface area (TPSA) is 81.7 Å². The molecule has 0 aromatic heterocycles. The molecule has 0 radical (unpaired) electrons. The molecule has 0 heterocycles. The van der Waals surface area contributed by atoms with Gasteiger partial charge < -0.3 is 14.8 Å². The van der Waals surface area contributed by atoms with Gasteiger partial charge in [-0.05, 0) is 39.7 Å². The van der Waals surface area contributed by atoms with E-state index >= 15 is 0 Å². The maximum Gasteiger partial charge on any atom is 0.408 e. The Kier molecular flexibility index (Phi) is 7.12. The van der Waals surface area contributed by atoms with Gasteiger partial charge in [-0.15, -0.1) is 6.58 Å². The van der Waals surface area contributed by atoms with Gasteiger partial charge in [0.05, 0.1) is 13.2 Å². The number of Topliss-reactive ketones (excluding diaryl/α,β-unsaturated/α-hetero) is 1. The summed E-state index contributed by atoms with van der Waals surface area (Å²) in [5.41, 5.74) is -1.79. The smallest absolute Gasteiger partial charge is 0.408 e.